The van der Waals surface area contributed by atoms with Crippen molar-refractivity contribution in [3.8, 4) is 45.3 Å². The SMILES string of the molecule is CCCCn1c(=O)c2cc(Oc3ccc(S(=O)(=O)O)cc3-c3ccc(S(=O)(=O)O)cc3)c3oc4ccccc4c4c(Oc5ccccc5-c5ccccc5)cc(c1=O)c2c34. The van der Waals surface area contributed by atoms with E-state index in [0.717, 1.165) is 35.4 Å². The zero-order chi connectivity index (χ0) is 41.9. The Morgan fingerprint density at radius 2 is 1.13 bits per heavy atom. The third-order valence-corrected chi connectivity index (χ3v) is 12.2. The molecule has 2 aromatic heterocycles. The smallest absolute Gasteiger partial charge is 0.294 e. The minimum atomic E-state index is -4.72. The van der Waals surface area contributed by atoms with Gasteiger partial charge in [0.25, 0.3) is 31.4 Å². The Labute approximate surface area is 342 Å². The lowest BCUT2D eigenvalue weighted by atomic mass is 9.95. The van der Waals surface area contributed by atoms with Crippen LogP contribution in [0.3, 0.4) is 0 Å². The van der Waals surface area contributed by atoms with Gasteiger partial charge in [0.1, 0.15) is 22.8 Å². The summed E-state index contributed by atoms with van der Waals surface area (Å²) in [4.78, 5) is 28.0. The Hall–Kier alpha value is -6.84. The van der Waals surface area contributed by atoms with Gasteiger partial charge in [-0.3, -0.25) is 23.3 Å². The quantitative estimate of drug-likeness (QED) is 0.0719. The number of hydrogen-bond acceptors (Lipinski definition) is 9. The Morgan fingerprint density at radius 3 is 1.83 bits per heavy atom. The van der Waals surface area contributed by atoms with Crippen LogP contribution in [0.25, 0.3) is 65.7 Å². The first-order chi connectivity index (χ1) is 28.8. The van der Waals surface area contributed by atoms with Crippen molar-refractivity contribution in [1.82, 2.24) is 4.57 Å². The van der Waals surface area contributed by atoms with Gasteiger partial charge in [0, 0.05) is 39.2 Å². The Balaban J connectivity index is 1.36. The molecule has 9 rings (SSSR count). The molecule has 7 aromatic carbocycles. The summed E-state index contributed by atoms with van der Waals surface area (Å²) in [5.74, 6) is 0.877. The monoisotopic (exact) mass is 839 g/mol. The largest absolute Gasteiger partial charge is 0.456 e. The van der Waals surface area contributed by atoms with Gasteiger partial charge in [-0.1, -0.05) is 92.2 Å². The molecule has 0 aliphatic carbocycles. The second-order valence-electron chi connectivity index (χ2n) is 14.2. The van der Waals surface area contributed by atoms with Gasteiger partial charge in [-0.2, -0.15) is 16.8 Å². The highest BCUT2D eigenvalue weighted by atomic mass is 32.2. The minimum Gasteiger partial charge on any atom is -0.456 e. The summed E-state index contributed by atoms with van der Waals surface area (Å²) in [7, 11) is -9.29. The van der Waals surface area contributed by atoms with Gasteiger partial charge >= 0.3 is 0 Å². The Kier molecular flexibility index (Phi) is 9.51. The molecule has 0 saturated carbocycles. The maximum atomic E-state index is 14.4. The molecular weight excluding hydrogens is 807 g/mol. The molecule has 14 heteroatoms. The van der Waals surface area contributed by atoms with E-state index in [0.29, 0.717) is 51.5 Å². The molecule has 12 nitrogen and oxygen atoms in total. The summed E-state index contributed by atoms with van der Waals surface area (Å²) >= 11 is 0. The van der Waals surface area contributed by atoms with Crippen molar-refractivity contribution in [3.63, 3.8) is 0 Å². The van der Waals surface area contributed by atoms with Crippen molar-refractivity contribution in [2.75, 3.05) is 0 Å². The molecule has 0 saturated heterocycles. The van der Waals surface area contributed by atoms with Gasteiger partial charge in [-0.05, 0) is 72.1 Å². The number of rotatable bonds is 11. The van der Waals surface area contributed by atoms with Gasteiger partial charge in [0.05, 0.1) is 20.6 Å². The van der Waals surface area contributed by atoms with E-state index >= 15 is 0 Å². The maximum absolute atomic E-state index is 14.4. The zero-order valence-electron chi connectivity index (χ0n) is 31.7. The zero-order valence-corrected chi connectivity index (χ0v) is 33.3. The summed E-state index contributed by atoms with van der Waals surface area (Å²) in [6.45, 7) is 2.11. The van der Waals surface area contributed by atoms with Gasteiger partial charge < -0.3 is 13.9 Å². The van der Waals surface area contributed by atoms with Crippen LogP contribution in [0.5, 0.6) is 23.0 Å². The van der Waals surface area contributed by atoms with Crippen molar-refractivity contribution in [3.05, 3.63) is 154 Å². The number of ether oxygens (including phenoxy) is 2. The molecule has 0 spiro atoms. The molecule has 0 fully saturated rings. The van der Waals surface area contributed by atoms with Crippen LogP contribution in [-0.2, 0) is 26.8 Å². The molecule has 0 unspecified atom stereocenters. The predicted octanol–water partition coefficient (Wildman–Crippen LogP) is 10.1. The van der Waals surface area contributed by atoms with Gasteiger partial charge in [0.2, 0.25) is 0 Å². The molecule has 0 atom stereocenters. The number of para-hydroxylation sites is 2. The molecule has 2 N–H and O–H groups in total. The van der Waals surface area contributed by atoms with E-state index in [1.54, 1.807) is 18.2 Å². The van der Waals surface area contributed by atoms with E-state index in [4.69, 9.17) is 13.9 Å². The van der Waals surface area contributed by atoms with Crippen LogP contribution in [0.1, 0.15) is 19.8 Å². The lowest BCUT2D eigenvalue weighted by Gasteiger charge is -2.20. The molecule has 60 heavy (non-hydrogen) atoms. The Morgan fingerprint density at radius 1 is 0.550 bits per heavy atom. The fourth-order valence-electron chi connectivity index (χ4n) is 7.63. The third-order valence-electron chi connectivity index (χ3n) is 10.5. The molecule has 0 radical (unpaired) electrons. The second kappa shape index (κ2) is 14.8. The fourth-order valence-corrected chi connectivity index (χ4v) is 8.62. The minimum absolute atomic E-state index is 0.0228. The van der Waals surface area contributed by atoms with Crippen LogP contribution in [0, 0.1) is 0 Å². The molecular formula is C46H33NO11S2. The van der Waals surface area contributed by atoms with Crippen molar-refractivity contribution in [2.24, 2.45) is 0 Å². The first-order valence-electron chi connectivity index (χ1n) is 18.8. The molecule has 2 heterocycles. The normalized spacial score (nSPS) is 12.2. The summed E-state index contributed by atoms with van der Waals surface area (Å²) in [6, 6.07) is 36.1. The first kappa shape index (κ1) is 38.7. The van der Waals surface area contributed by atoms with E-state index in [1.807, 2.05) is 73.7 Å². The molecule has 0 bridgehead atoms. The highest BCUT2D eigenvalue weighted by molar-refractivity contribution is 7.86. The topological polar surface area (TPSA) is 179 Å². The lowest BCUT2D eigenvalue weighted by Crippen LogP contribution is -2.33. The van der Waals surface area contributed by atoms with Crippen LogP contribution in [0.15, 0.2) is 157 Å². The number of nitrogens with zero attached hydrogens (tertiary/aromatic N) is 1. The summed E-state index contributed by atoms with van der Waals surface area (Å²) in [5.41, 5.74) is 1.58. The van der Waals surface area contributed by atoms with Crippen LogP contribution >= 0.6 is 0 Å². The summed E-state index contributed by atoms with van der Waals surface area (Å²) < 4.78 is 89.3. The van der Waals surface area contributed by atoms with Gasteiger partial charge in [-0.25, -0.2) is 0 Å². The van der Waals surface area contributed by atoms with Crippen molar-refractivity contribution < 1.29 is 39.8 Å². The number of aromatic nitrogens is 1. The number of pyridine rings is 1. The molecule has 0 aliphatic rings. The van der Waals surface area contributed by atoms with Gasteiger partial charge in [-0.15, -0.1) is 0 Å². The van der Waals surface area contributed by atoms with Gasteiger partial charge in [0.15, 0.2) is 11.3 Å². The van der Waals surface area contributed by atoms with Crippen LogP contribution in [0.4, 0.5) is 0 Å². The van der Waals surface area contributed by atoms with E-state index in [1.165, 1.54) is 28.8 Å². The molecule has 0 amide bonds. The Bertz CT molecular complexity index is 3510. The molecule has 9 aromatic rings. The van der Waals surface area contributed by atoms with E-state index in [9.17, 15) is 35.5 Å². The standard InChI is InChI=1S/C46H33NO11S2/c1-2-3-23-47-45(48)34-25-39(56-36-15-9-7-13-31(36)27-11-5-4-6-12-27)42-32-14-8-10-16-37(32)58-44-40(26-35(46(47)49)41(34)43(42)44)57-38-22-21-30(60(53,54)55)24-33(38)28-17-19-29(20-18-28)59(50,51)52/h4-22,24-26H,2-3,23H2,1H3,(H,50,51,52)(H,53,54,55). The molecule has 300 valence electrons. The second-order valence-corrected chi connectivity index (χ2v) is 17.1. The number of unbranched alkanes of at least 4 members (excludes halogenated alkanes) is 1. The van der Waals surface area contributed by atoms with Crippen molar-refractivity contribution in [1.29, 1.82) is 0 Å². The summed E-state index contributed by atoms with van der Waals surface area (Å²) in [5, 5.41) is 2.25. The maximum Gasteiger partial charge on any atom is 0.294 e. The predicted molar refractivity (Wildman–Crippen MR) is 229 cm³/mol. The average Bonchev–Trinajstić information content (AvgIpc) is 3.24. The number of benzene rings is 7. The van der Waals surface area contributed by atoms with Crippen LogP contribution in [0.2, 0.25) is 0 Å². The van der Waals surface area contributed by atoms with E-state index < -0.39 is 41.1 Å². The fraction of sp³-hybridized carbons (Fsp3) is 0.0870. The van der Waals surface area contributed by atoms with Crippen LogP contribution in [-0.4, -0.2) is 30.5 Å². The van der Waals surface area contributed by atoms with E-state index in [-0.39, 0.29) is 45.5 Å². The van der Waals surface area contributed by atoms with Crippen molar-refractivity contribution >= 4 is 63.7 Å². The third kappa shape index (κ3) is 6.74. The number of fused-ring (bicyclic) bond motifs is 2. The van der Waals surface area contributed by atoms with Crippen molar-refractivity contribution in [2.45, 2.75) is 36.1 Å². The summed E-state index contributed by atoms with van der Waals surface area (Å²) in [6.07, 6.45) is 1.27. The molecule has 0 aliphatic heterocycles. The highest BCUT2D eigenvalue weighted by Gasteiger charge is 2.27. The lowest BCUT2D eigenvalue weighted by molar-refractivity contribution is 0.474. The number of hydrogen-bond donors (Lipinski definition) is 2. The average molecular weight is 840 g/mol. The first-order valence-corrected chi connectivity index (χ1v) is 21.7. The highest BCUT2D eigenvalue weighted by Crippen LogP contribution is 2.49. The van der Waals surface area contributed by atoms with Crippen LogP contribution < -0.4 is 20.6 Å². The van der Waals surface area contributed by atoms with E-state index in [2.05, 4.69) is 0 Å².